The molecule has 0 aliphatic heterocycles. The van der Waals surface area contributed by atoms with Crippen LogP contribution >= 0.6 is 23.5 Å². The van der Waals surface area contributed by atoms with E-state index in [1.54, 1.807) is 23.5 Å². The van der Waals surface area contributed by atoms with E-state index in [-0.39, 0.29) is 4.75 Å². The van der Waals surface area contributed by atoms with E-state index in [1.807, 2.05) is 18.2 Å². The van der Waals surface area contributed by atoms with Crippen LogP contribution in [0.5, 0.6) is 0 Å². The van der Waals surface area contributed by atoms with Crippen molar-refractivity contribution in [3.05, 3.63) is 23.8 Å². The quantitative estimate of drug-likeness (QED) is 0.736. The summed E-state index contributed by atoms with van der Waals surface area (Å²) < 4.78 is 0.140. The Kier molecular flexibility index (Phi) is 4.76. The number of rotatable bonds is 3. The summed E-state index contributed by atoms with van der Waals surface area (Å²) in [7, 11) is 0. The molecule has 0 aliphatic carbocycles. The smallest absolute Gasteiger partial charge is 0.101 e. The molecule has 0 bridgehead atoms. The van der Waals surface area contributed by atoms with Crippen LogP contribution < -0.4 is 0 Å². The zero-order valence-electron chi connectivity index (χ0n) is 10.2. The fourth-order valence-corrected chi connectivity index (χ4v) is 3.23. The molecular formula is C13H17NS2. The molecule has 0 heterocycles. The average Bonchev–Trinajstić information content (AvgIpc) is 2.16. The molecule has 0 atom stereocenters. The van der Waals surface area contributed by atoms with E-state index in [2.05, 4.69) is 33.8 Å². The Labute approximate surface area is 107 Å². The first kappa shape index (κ1) is 13.5. The molecule has 1 nitrogen and oxygen atoms in total. The first-order chi connectivity index (χ1) is 7.48. The Balaban J connectivity index is 3.10. The van der Waals surface area contributed by atoms with Crippen LogP contribution in [-0.4, -0.2) is 10.5 Å². The van der Waals surface area contributed by atoms with Gasteiger partial charge in [0.1, 0.15) is 6.07 Å². The van der Waals surface area contributed by atoms with Gasteiger partial charge in [-0.25, -0.2) is 0 Å². The average molecular weight is 251 g/mol. The minimum atomic E-state index is 0.140. The SMILES string of the molecule is CCSc1cccc(SC(C)(C)C)c1C#N. The minimum absolute atomic E-state index is 0.140. The highest BCUT2D eigenvalue weighted by molar-refractivity contribution is 8.01. The van der Waals surface area contributed by atoms with Gasteiger partial charge in [-0.05, 0) is 17.9 Å². The van der Waals surface area contributed by atoms with Crippen LogP contribution in [0.4, 0.5) is 0 Å². The molecule has 1 aromatic carbocycles. The van der Waals surface area contributed by atoms with Gasteiger partial charge in [0, 0.05) is 14.5 Å². The van der Waals surface area contributed by atoms with Gasteiger partial charge < -0.3 is 0 Å². The van der Waals surface area contributed by atoms with Crippen LogP contribution in [0, 0.1) is 11.3 Å². The van der Waals surface area contributed by atoms with Crippen LogP contribution in [0.3, 0.4) is 0 Å². The topological polar surface area (TPSA) is 23.8 Å². The summed E-state index contributed by atoms with van der Waals surface area (Å²) in [6.07, 6.45) is 0. The van der Waals surface area contributed by atoms with Crippen molar-refractivity contribution in [1.82, 2.24) is 0 Å². The van der Waals surface area contributed by atoms with E-state index < -0.39 is 0 Å². The predicted octanol–water partition coefficient (Wildman–Crippen LogP) is 4.56. The van der Waals surface area contributed by atoms with Crippen molar-refractivity contribution in [3.8, 4) is 6.07 Å². The number of hydrogen-bond donors (Lipinski definition) is 0. The zero-order valence-corrected chi connectivity index (χ0v) is 11.8. The lowest BCUT2D eigenvalue weighted by Crippen LogP contribution is -2.07. The molecule has 0 fully saturated rings. The molecule has 86 valence electrons. The summed E-state index contributed by atoms with van der Waals surface area (Å²) in [5.41, 5.74) is 0.828. The van der Waals surface area contributed by atoms with Gasteiger partial charge in [-0.1, -0.05) is 33.8 Å². The lowest BCUT2D eigenvalue weighted by atomic mass is 10.2. The summed E-state index contributed by atoms with van der Waals surface area (Å²) in [6, 6.07) is 8.43. The Hall–Kier alpha value is -0.590. The Morgan fingerprint density at radius 1 is 1.25 bits per heavy atom. The molecule has 0 N–H and O–H groups in total. The van der Waals surface area contributed by atoms with Gasteiger partial charge in [-0.15, -0.1) is 23.5 Å². The van der Waals surface area contributed by atoms with Crippen LogP contribution in [0.2, 0.25) is 0 Å². The minimum Gasteiger partial charge on any atom is -0.192 e. The van der Waals surface area contributed by atoms with Gasteiger partial charge in [0.15, 0.2) is 0 Å². The largest absolute Gasteiger partial charge is 0.192 e. The van der Waals surface area contributed by atoms with Crippen molar-refractivity contribution >= 4 is 23.5 Å². The molecule has 3 heteroatoms. The zero-order chi connectivity index (χ0) is 12.2. The molecule has 0 aliphatic rings. The Bertz CT molecular complexity index is 399. The summed E-state index contributed by atoms with van der Waals surface area (Å²) in [6.45, 7) is 8.60. The predicted molar refractivity (Wildman–Crippen MR) is 73.2 cm³/mol. The number of thioether (sulfide) groups is 2. The highest BCUT2D eigenvalue weighted by atomic mass is 32.2. The van der Waals surface area contributed by atoms with Crippen molar-refractivity contribution in [1.29, 1.82) is 5.26 Å². The van der Waals surface area contributed by atoms with Crippen LogP contribution in [-0.2, 0) is 0 Å². The van der Waals surface area contributed by atoms with Crippen LogP contribution in [0.15, 0.2) is 28.0 Å². The second-order valence-corrected chi connectivity index (χ2v) is 7.56. The van der Waals surface area contributed by atoms with Gasteiger partial charge in [0.05, 0.1) is 5.56 Å². The molecule has 0 unspecified atom stereocenters. The normalized spacial score (nSPS) is 11.2. The second kappa shape index (κ2) is 5.65. The molecule has 0 saturated carbocycles. The fraction of sp³-hybridized carbons (Fsp3) is 0.462. The van der Waals surface area contributed by atoms with E-state index in [0.29, 0.717) is 0 Å². The van der Waals surface area contributed by atoms with Crippen molar-refractivity contribution in [2.75, 3.05) is 5.75 Å². The maximum Gasteiger partial charge on any atom is 0.101 e. The van der Waals surface area contributed by atoms with Crippen molar-refractivity contribution in [2.45, 2.75) is 42.2 Å². The van der Waals surface area contributed by atoms with E-state index in [9.17, 15) is 5.26 Å². The molecule has 0 radical (unpaired) electrons. The summed E-state index contributed by atoms with van der Waals surface area (Å²) in [5.74, 6) is 0.998. The first-order valence-electron chi connectivity index (χ1n) is 5.33. The standard InChI is InChI=1S/C13H17NS2/c1-5-15-11-7-6-8-12(10(11)9-14)16-13(2,3)4/h6-8H,5H2,1-4H3. The van der Waals surface area contributed by atoms with Crippen molar-refractivity contribution < 1.29 is 0 Å². The summed E-state index contributed by atoms with van der Waals surface area (Å²) >= 11 is 3.49. The first-order valence-corrected chi connectivity index (χ1v) is 7.13. The highest BCUT2D eigenvalue weighted by Crippen LogP contribution is 2.37. The molecule has 1 aromatic rings. The maximum atomic E-state index is 9.25. The number of hydrogen-bond acceptors (Lipinski definition) is 3. The maximum absolute atomic E-state index is 9.25. The van der Waals surface area contributed by atoms with Gasteiger partial charge in [-0.3, -0.25) is 0 Å². The lowest BCUT2D eigenvalue weighted by Gasteiger charge is -2.19. The third kappa shape index (κ3) is 3.77. The van der Waals surface area contributed by atoms with E-state index >= 15 is 0 Å². The molecular weight excluding hydrogens is 234 g/mol. The number of nitrogens with zero attached hydrogens (tertiary/aromatic N) is 1. The van der Waals surface area contributed by atoms with Crippen LogP contribution in [0.1, 0.15) is 33.3 Å². The van der Waals surface area contributed by atoms with Gasteiger partial charge in [0.2, 0.25) is 0 Å². The van der Waals surface area contributed by atoms with Gasteiger partial charge in [0.25, 0.3) is 0 Å². The number of nitriles is 1. The second-order valence-electron chi connectivity index (χ2n) is 4.39. The van der Waals surface area contributed by atoms with Crippen molar-refractivity contribution in [3.63, 3.8) is 0 Å². The summed E-state index contributed by atoms with van der Waals surface area (Å²) in [5, 5.41) is 9.25. The molecule has 16 heavy (non-hydrogen) atoms. The van der Waals surface area contributed by atoms with E-state index in [1.165, 1.54) is 0 Å². The number of benzene rings is 1. The highest BCUT2D eigenvalue weighted by Gasteiger charge is 2.16. The summed E-state index contributed by atoms with van der Waals surface area (Å²) in [4.78, 5) is 2.19. The molecule has 0 spiro atoms. The third-order valence-electron chi connectivity index (χ3n) is 1.82. The Morgan fingerprint density at radius 3 is 2.38 bits per heavy atom. The van der Waals surface area contributed by atoms with Gasteiger partial charge >= 0.3 is 0 Å². The van der Waals surface area contributed by atoms with Gasteiger partial charge in [-0.2, -0.15) is 5.26 Å². The molecule has 0 amide bonds. The molecule has 0 aromatic heterocycles. The van der Waals surface area contributed by atoms with Crippen molar-refractivity contribution in [2.24, 2.45) is 0 Å². The fourth-order valence-electron chi connectivity index (χ4n) is 1.31. The molecule has 0 saturated heterocycles. The van der Waals surface area contributed by atoms with E-state index in [4.69, 9.17) is 0 Å². The van der Waals surface area contributed by atoms with Crippen LogP contribution in [0.25, 0.3) is 0 Å². The van der Waals surface area contributed by atoms with E-state index in [0.717, 1.165) is 21.1 Å². The monoisotopic (exact) mass is 251 g/mol. The Morgan fingerprint density at radius 2 is 1.88 bits per heavy atom. The third-order valence-corrected chi connectivity index (χ3v) is 3.93. The molecule has 1 rings (SSSR count). The lowest BCUT2D eigenvalue weighted by molar-refractivity contribution is 0.802.